The third-order valence-electron chi connectivity index (χ3n) is 2.60. The molecule has 0 saturated heterocycles. The van der Waals surface area contributed by atoms with Gasteiger partial charge in [0, 0.05) is 23.9 Å². The number of hydrazine groups is 1. The predicted octanol–water partition coefficient (Wildman–Crippen LogP) is 4.02. The van der Waals surface area contributed by atoms with Crippen LogP contribution in [0.5, 0.6) is 0 Å². The highest BCUT2D eigenvalue weighted by molar-refractivity contribution is 6.42. The number of nitro benzene ring substituents is 1. The van der Waals surface area contributed by atoms with E-state index in [0.717, 1.165) is 5.69 Å². The Hall–Kier alpha value is -1.82. The molecule has 2 rings (SSSR count). The van der Waals surface area contributed by atoms with Gasteiger partial charge in [-0.2, -0.15) is 0 Å². The minimum Gasteiger partial charge on any atom is -0.321 e. The molecule has 0 atom stereocenters. The Balaban J connectivity index is 2.09. The summed E-state index contributed by atoms with van der Waals surface area (Å²) >= 11 is 11.7. The van der Waals surface area contributed by atoms with Crippen LogP contribution in [0.4, 0.5) is 11.4 Å². The second-order valence-electron chi connectivity index (χ2n) is 4.00. The lowest BCUT2D eigenvalue weighted by Crippen LogP contribution is -2.21. The van der Waals surface area contributed by atoms with Crippen LogP contribution in [0.25, 0.3) is 0 Å². The zero-order valence-corrected chi connectivity index (χ0v) is 11.8. The molecule has 0 aliphatic heterocycles. The van der Waals surface area contributed by atoms with Crippen molar-refractivity contribution < 1.29 is 4.92 Å². The summed E-state index contributed by atoms with van der Waals surface area (Å²) in [6, 6.07) is 12.1. The fraction of sp³-hybridized carbons (Fsp3) is 0.0769. The van der Waals surface area contributed by atoms with Crippen molar-refractivity contribution in [2.45, 2.75) is 6.54 Å². The summed E-state index contributed by atoms with van der Waals surface area (Å²) in [5.41, 5.74) is 7.09. The average molecular weight is 312 g/mol. The van der Waals surface area contributed by atoms with Gasteiger partial charge in [0.15, 0.2) is 0 Å². The summed E-state index contributed by atoms with van der Waals surface area (Å²) < 4.78 is 0. The summed E-state index contributed by atoms with van der Waals surface area (Å²) in [7, 11) is 0. The summed E-state index contributed by atoms with van der Waals surface area (Å²) in [5.74, 6) is 0. The monoisotopic (exact) mass is 311 g/mol. The summed E-state index contributed by atoms with van der Waals surface area (Å²) in [5, 5.41) is 11.4. The van der Waals surface area contributed by atoms with Crippen molar-refractivity contribution in [2.75, 3.05) is 5.43 Å². The summed E-state index contributed by atoms with van der Waals surface area (Å²) in [6.45, 7) is 0.238. The molecule has 0 aliphatic rings. The lowest BCUT2D eigenvalue weighted by Gasteiger charge is -2.09. The second-order valence-corrected chi connectivity index (χ2v) is 4.81. The van der Waals surface area contributed by atoms with E-state index < -0.39 is 4.92 Å². The molecule has 0 saturated carbocycles. The zero-order chi connectivity index (χ0) is 14.5. The van der Waals surface area contributed by atoms with Crippen LogP contribution in [0.3, 0.4) is 0 Å². The highest BCUT2D eigenvalue weighted by Gasteiger charge is 2.16. The lowest BCUT2D eigenvalue weighted by atomic mass is 10.2. The molecule has 2 N–H and O–H groups in total. The van der Waals surface area contributed by atoms with Crippen molar-refractivity contribution in [2.24, 2.45) is 0 Å². The molecule has 7 heteroatoms. The Bertz CT molecular complexity index is 621. The number of nitrogens with zero attached hydrogens (tertiary/aromatic N) is 1. The molecular formula is C13H11Cl2N3O2. The summed E-state index contributed by atoms with van der Waals surface area (Å²) in [4.78, 5) is 10.5. The first-order chi connectivity index (χ1) is 9.58. The van der Waals surface area contributed by atoms with Crippen LogP contribution in [0.1, 0.15) is 5.56 Å². The quantitative estimate of drug-likeness (QED) is 0.646. The molecule has 0 aliphatic carbocycles. The SMILES string of the molecule is O=[N+]([O-])c1cc(Cl)c(Cl)cc1CNNc1ccccc1. The first-order valence-corrected chi connectivity index (χ1v) is 6.50. The molecule has 5 nitrogen and oxygen atoms in total. The van der Waals surface area contributed by atoms with Crippen LogP contribution in [-0.4, -0.2) is 4.92 Å². The number of para-hydroxylation sites is 1. The standard InChI is InChI=1S/C13H11Cl2N3O2/c14-11-6-9(13(18(19)20)7-12(11)15)8-16-17-10-4-2-1-3-5-10/h1-7,16-17H,8H2. The van der Waals surface area contributed by atoms with Gasteiger partial charge in [0.05, 0.1) is 15.0 Å². The van der Waals surface area contributed by atoms with Gasteiger partial charge in [-0.05, 0) is 18.2 Å². The normalized spacial score (nSPS) is 10.3. The van der Waals surface area contributed by atoms with E-state index in [1.54, 1.807) is 0 Å². The number of anilines is 1. The molecule has 20 heavy (non-hydrogen) atoms. The topological polar surface area (TPSA) is 67.2 Å². The summed E-state index contributed by atoms with van der Waals surface area (Å²) in [6.07, 6.45) is 0. The Morgan fingerprint density at radius 2 is 1.75 bits per heavy atom. The van der Waals surface area contributed by atoms with Gasteiger partial charge in [-0.15, -0.1) is 0 Å². The molecule has 0 aromatic heterocycles. The van der Waals surface area contributed by atoms with Crippen LogP contribution >= 0.6 is 23.2 Å². The van der Waals surface area contributed by atoms with Crippen molar-refractivity contribution in [3.63, 3.8) is 0 Å². The number of rotatable bonds is 5. The number of nitrogens with one attached hydrogen (secondary N) is 2. The first kappa shape index (κ1) is 14.6. The van der Waals surface area contributed by atoms with E-state index in [1.165, 1.54) is 12.1 Å². The number of halogens is 2. The third kappa shape index (κ3) is 3.60. The molecule has 0 bridgehead atoms. The first-order valence-electron chi connectivity index (χ1n) is 5.74. The van der Waals surface area contributed by atoms with Crippen LogP contribution in [0.2, 0.25) is 10.0 Å². The second kappa shape index (κ2) is 6.56. The third-order valence-corrected chi connectivity index (χ3v) is 3.33. The maximum Gasteiger partial charge on any atom is 0.275 e. The van der Waals surface area contributed by atoms with Crippen molar-refractivity contribution in [1.82, 2.24) is 5.43 Å². The van der Waals surface area contributed by atoms with Gasteiger partial charge in [-0.3, -0.25) is 10.1 Å². The van der Waals surface area contributed by atoms with Crippen molar-refractivity contribution in [3.8, 4) is 0 Å². The largest absolute Gasteiger partial charge is 0.321 e. The van der Waals surface area contributed by atoms with Crippen LogP contribution in [0.15, 0.2) is 42.5 Å². The van der Waals surface area contributed by atoms with Crippen molar-refractivity contribution in [1.29, 1.82) is 0 Å². The van der Waals surface area contributed by atoms with Gasteiger partial charge in [0.1, 0.15) is 0 Å². The van der Waals surface area contributed by atoms with E-state index >= 15 is 0 Å². The molecule has 0 amide bonds. The molecule has 0 radical (unpaired) electrons. The fourth-order valence-electron chi connectivity index (χ4n) is 1.65. The zero-order valence-electron chi connectivity index (χ0n) is 10.3. The molecule has 0 fully saturated rings. The van der Waals surface area contributed by atoms with E-state index in [1.807, 2.05) is 30.3 Å². The van der Waals surface area contributed by atoms with Gasteiger partial charge >= 0.3 is 0 Å². The van der Waals surface area contributed by atoms with E-state index in [4.69, 9.17) is 23.2 Å². The van der Waals surface area contributed by atoms with Crippen molar-refractivity contribution >= 4 is 34.6 Å². The van der Waals surface area contributed by atoms with Gasteiger partial charge in [-0.1, -0.05) is 41.4 Å². The smallest absolute Gasteiger partial charge is 0.275 e. The molecule has 0 spiro atoms. The Morgan fingerprint density at radius 1 is 1.10 bits per heavy atom. The predicted molar refractivity (Wildman–Crippen MR) is 80.0 cm³/mol. The van der Waals surface area contributed by atoms with E-state index in [-0.39, 0.29) is 22.3 Å². The van der Waals surface area contributed by atoms with Crippen molar-refractivity contribution in [3.05, 3.63) is 68.2 Å². The molecule has 0 heterocycles. The maximum atomic E-state index is 11.0. The average Bonchev–Trinajstić information content (AvgIpc) is 2.43. The molecule has 0 unspecified atom stereocenters. The van der Waals surface area contributed by atoms with Gasteiger partial charge in [-0.25, -0.2) is 5.43 Å². The van der Waals surface area contributed by atoms with E-state index in [0.29, 0.717) is 5.56 Å². The Labute approximate surface area is 125 Å². The van der Waals surface area contributed by atoms with Crippen LogP contribution in [0, 0.1) is 10.1 Å². The Morgan fingerprint density at radius 3 is 2.40 bits per heavy atom. The number of nitro groups is 1. The van der Waals surface area contributed by atoms with Gasteiger partial charge in [0.25, 0.3) is 5.69 Å². The highest BCUT2D eigenvalue weighted by Crippen LogP contribution is 2.30. The highest BCUT2D eigenvalue weighted by atomic mass is 35.5. The molecule has 2 aromatic rings. The number of hydrogen-bond donors (Lipinski definition) is 2. The maximum absolute atomic E-state index is 11.0. The Kier molecular flexibility index (Phi) is 4.79. The van der Waals surface area contributed by atoms with Gasteiger partial charge < -0.3 is 5.43 Å². The minimum atomic E-state index is -0.484. The molecular weight excluding hydrogens is 301 g/mol. The van der Waals surface area contributed by atoms with Crippen LogP contribution < -0.4 is 10.9 Å². The minimum absolute atomic E-state index is 0.0678. The number of hydrogen-bond acceptors (Lipinski definition) is 4. The van der Waals surface area contributed by atoms with Gasteiger partial charge in [0.2, 0.25) is 0 Å². The molecule has 104 valence electrons. The van der Waals surface area contributed by atoms with E-state index in [9.17, 15) is 10.1 Å². The lowest BCUT2D eigenvalue weighted by molar-refractivity contribution is -0.385. The van der Waals surface area contributed by atoms with E-state index in [2.05, 4.69) is 10.9 Å². The van der Waals surface area contributed by atoms with Crippen LogP contribution in [-0.2, 0) is 6.54 Å². The number of benzene rings is 2. The fourth-order valence-corrected chi connectivity index (χ4v) is 2.00. The molecule has 2 aromatic carbocycles.